The van der Waals surface area contributed by atoms with E-state index in [1.165, 1.54) is 39.9 Å². The molecule has 4 aromatic carbocycles. The molecule has 0 aliphatic rings. The molecule has 1 aromatic heterocycles. The maximum atomic E-state index is 12.3. The number of carbonyl (C=O) groups is 2. The van der Waals surface area contributed by atoms with Gasteiger partial charge in [-0.05, 0) is 63.9 Å². The molecular weight excluding hydrogens is 639 g/mol. The van der Waals surface area contributed by atoms with Crippen molar-refractivity contribution in [3.05, 3.63) is 125 Å². The lowest BCUT2D eigenvalue weighted by atomic mass is 9.99. The number of thioether (sulfide) groups is 1. The molecule has 0 amide bonds. The van der Waals surface area contributed by atoms with Gasteiger partial charge < -0.3 is 9.47 Å². The van der Waals surface area contributed by atoms with Crippen LogP contribution in [0.3, 0.4) is 0 Å². The van der Waals surface area contributed by atoms with Crippen LogP contribution in [0.4, 0.5) is 0 Å². The quantitative estimate of drug-likeness (QED) is 0.0579. The van der Waals surface area contributed by atoms with Gasteiger partial charge in [-0.3, -0.25) is 0 Å². The minimum atomic E-state index is -0.343. The number of unbranched alkanes of at least 4 members (excludes halogenated alkanes) is 4. The van der Waals surface area contributed by atoms with Gasteiger partial charge in [0.1, 0.15) is 5.82 Å². The van der Waals surface area contributed by atoms with Crippen LogP contribution in [0.2, 0.25) is 0 Å². The van der Waals surface area contributed by atoms with Crippen LogP contribution in [-0.2, 0) is 27.4 Å². The smallest absolute Gasteiger partial charge is 0.338 e. The molecule has 0 aliphatic heterocycles. The molecular formula is C39H41N3O4S2. The number of hydrogen-bond acceptors (Lipinski definition) is 8. The van der Waals surface area contributed by atoms with Crippen LogP contribution in [0.15, 0.2) is 102 Å². The summed E-state index contributed by atoms with van der Waals surface area (Å²) in [5.41, 5.74) is 7.06. The van der Waals surface area contributed by atoms with E-state index in [1.54, 1.807) is 35.8 Å². The second kappa shape index (κ2) is 17.7. The van der Waals surface area contributed by atoms with Gasteiger partial charge in [0.25, 0.3) is 0 Å². The van der Waals surface area contributed by atoms with Gasteiger partial charge in [-0.1, -0.05) is 129 Å². The lowest BCUT2D eigenvalue weighted by Gasteiger charge is -2.09. The monoisotopic (exact) mass is 679 g/mol. The molecule has 5 aromatic rings. The lowest BCUT2D eigenvalue weighted by molar-refractivity contribution is 0.0592. The minimum absolute atomic E-state index is 0.342. The Bertz CT molecular complexity index is 1800. The number of nitrogens with zero attached hydrogens (tertiary/aromatic N) is 3. The van der Waals surface area contributed by atoms with E-state index in [4.69, 9.17) is 19.6 Å². The van der Waals surface area contributed by atoms with Gasteiger partial charge in [0, 0.05) is 17.9 Å². The zero-order valence-corrected chi connectivity index (χ0v) is 29.3. The number of rotatable bonds is 16. The molecule has 9 heteroatoms. The predicted octanol–water partition coefficient (Wildman–Crippen LogP) is 9.69. The molecule has 0 spiro atoms. The highest BCUT2D eigenvalue weighted by Gasteiger charge is 2.15. The first-order chi connectivity index (χ1) is 23.5. The number of carbonyl (C=O) groups excluding carboxylic acids is 2. The van der Waals surface area contributed by atoms with Gasteiger partial charge in [0.05, 0.1) is 25.3 Å². The largest absolute Gasteiger partial charge is 0.465 e. The molecule has 1 heterocycles. The predicted molar refractivity (Wildman–Crippen MR) is 195 cm³/mol. The standard InChI is InChI=1S/C39H41N3O4S2/c1-4-5-6-7-8-17-36-40-39(47-26-28-18-22-30(23-19-28)32-13-9-11-15-34(32)37(43)45-2)41-42(36)48-27-29-20-24-31(25-21-29)33-14-10-12-16-35(33)38(44)46-3/h9-16,18-25H,4-8,17,26-27H2,1-3H3. The summed E-state index contributed by atoms with van der Waals surface area (Å²) in [6, 6.07) is 31.5. The van der Waals surface area contributed by atoms with Gasteiger partial charge in [-0.15, -0.1) is 5.10 Å². The molecule has 248 valence electrons. The second-order valence-corrected chi connectivity index (χ2v) is 13.2. The highest BCUT2D eigenvalue weighted by molar-refractivity contribution is 7.98. The SMILES string of the molecule is CCCCCCCc1nc(SCc2ccc(-c3ccccc3C(=O)OC)cc2)nn1SCc1ccc(-c2ccccc2C(=O)OC)cc1. The van der Waals surface area contributed by atoms with Crippen molar-refractivity contribution in [1.82, 2.24) is 14.2 Å². The number of benzene rings is 4. The van der Waals surface area contributed by atoms with Gasteiger partial charge >= 0.3 is 11.9 Å². The fourth-order valence-electron chi connectivity index (χ4n) is 5.40. The zero-order valence-electron chi connectivity index (χ0n) is 27.7. The summed E-state index contributed by atoms with van der Waals surface area (Å²) in [7, 11) is 2.80. The summed E-state index contributed by atoms with van der Waals surface area (Å²) >= 11 is 3.27. The van der Waals surface area contributed by atoms with Crippen molar-refractivity contribution in [3.8, 4) is 22.3 Å². The molecule has 0 atom stereocenters. The van der Waals surface area contributed by atoms with Gasteiger partial charge in [0.15, 0.2) is 0 Å². The number of esters is 2. The maximum absolute atomic E-state index is 12.3. The van der Waals surface area contributed by atoms with Crippen molar-refractivity contribution in [1.29, 1.82) is 0 Å². The molecule has 48 heavy (non-hydrogen) atoms. The van der Waals surface area contributed by atoms with Crippen LogP contribution in [0.5, 0.6) is 0 Å². The molecule has 0 aliphatic carbocycles. The lowest BCUT2D eigenvalue weighted by Crippen LogP contribution is -2.03. The number of aromatic nitrogens is 3. The summed E-state index contributed by atoms with van der Waals surface area (Å²) in [4.78, 5) is 29.5. The Kier molecular flexibility index (Phi) is 12.9. The summed E-state index contributed by atoms with van der Waals surface area (Å²) in [6.45, 7) is 2.23. The first kappa shape index (κ1) is 35.0. The Morgan fingerprint density at radius 1 is 0.667 bits per heavy atom. The Hall–Kier alpha value is -4.34. The molecule has 0 bridgehead atoms. The normalized spacial score (nSPS) is 11.0. The molecule has 0 saturated carbocycles. The Morgan fingerprint density at radius 3 is 1.73 bits per heavy atom. The van der Waals surface area contributed by atoms with Crippen LogP contribution in [0.1, 0.15) is 76.7 Å². The van der Waals surface area contributed by atoms with Crippen molar-refractivity contribution < 1.29 is 19.1 Å². The van der Waals surface area contributed by atoms with Crippen molar-refractivity contribution in [2.75, 3.05) is 14.2 Å². The molecule has 0 radical (unpaired) electrons. The Balaban J connectivity index is 1.25. The molecule has 0 unspecified atom stereocenters. The van der Waals surface area contributed by atoms with Gasteiger partial charge in [-0.25, -0.2) is 14.6 Å². The van der Waals surface area contributed by atoms with Crippen LogP contribution in [0, 0.1) is 0 Å². The van der Waals surface area contributed by atoms with Crippen LogP contribution < -0.4 is 0 Å². The highest BCUT2D eigenvalue weighted by Crippen LogP contribution is 2.29. The summed E-state index contributed by atoms with van der Waals surface area (Å²) in [5, 5.41) is 5.66. The summed E-state index contributed by atoms with van der Waals surface area (Å²) in [6.07, 6.45) is 6.89. The van der Waals surface area contributed by atoms with Crippen LogP contribution >= 0.6 is 23.7 Å². The average Bonchev–Trinajstić information content (AvgIpc) is 3.54. The topological polar surface area (TPSA) is 83.3 Å². The number of ether oxygens (including phenoxy) is 2. The molecule has 5 rings (SSSR count). The van der Waals surface area contributed by atoms with E-state index in [-0.39, 0.29) is 11.9 Å². The summed E-state index contributed by atoms with van der Waals surface area (Å²) in [5.74, 6) is 1.79. The molecule has 0 saturated heterocycles. The zero-order chi connectivity index (χ0) is 33.7. The van der Waals surface area contributed by atoms with E-state index < -0.39 is 0 Å². The second-order valence-electron chi connectivity index (χ2n) is 11.4. The number of hydrogen-bond donors (Lipinski definition) is 0. The summed E-state index contributed by atoms with van der Waals surface area (Å²) < 4.78 is 11.9. The van der Waals surface area contributed by atoms with Crippen molar-refractivity contribution >= 4 is 35.6 Å². The van der Waals surface area contributed by atoms with Crippen LogP contribution in [-0.4, -0.2) is 40.3 Å². The van der Waals surface area contributed by atoms with Crippen molar-refractivity contribution in [3.63, 3.8) is 0 Å². The van der Waals surface area contributed by atoms with Crippen LogP contribution in [0.25, 0.3) is 22.3 Å². The van der Waals surface area contributed by atoms with E-state index >= 15 is 0 Å². The van der Waals surface area contributed by atoms with Crippen molar-refractivity contribution in [2.24, 2.45) is 0 Å². The Morgan fingerprint density at radius 2 is 1.19 bits per heavy atom. The third-order valence-corrected chi connectivity index (χ3v) is 9.95. The first-order valence-corrected chi connectivity index (χ1v) is 18.2. The van der Waals surface area contributed by atoms with Gasteiger partial charge in [0.2, 0.25) is 5.16 Å². The van der Waals surface area contributed by atoms with E-state index in [0.29, 0.717) is 11.1 Å². The van der Waals surface area contributed by atoms with E-state index in [0.717, 1.165) is 68.7 Å². The molecule has 7 nitrogen and oxygen atoms in total. The highest BCUT2D eigenvalue weighted by atomic mass is 32.2. The molecule has 0 N–H and O–H groups in total. The fraction of sp³-hybridized carbons (Fsp3) is 0.282. The average molecular weight is 680 g/mol. The van der Waals surface area contributed by atoms with Gasteiger partial charge in [-0.2, -0.15) is 4.09 Å². The third-order valence-electron chi connectivity index (χ3n) is 8.04. The fourth-order valence-corrected chi connectivity index (χ4v) is 7.13. The van der Waals surface area contributed by atoms with E-state index in [2.05, 4.69) is 31.2 Å². The number of aryl methyl sites for hydroxylation is 1. The molecule has 0 fully saturated rings. The number of methoxy groups -OCH3 is 2. The first-order valence-electron chi connectivity index (χ1n) is 16.3. The third kappa shape index (κ3) is 9.17. The van der Waals surface area contributed by atoms with E-state index in [1.807, 2.05) is 64.8 Å². The minimum Gasteiger partial charge on any atom is -0.465 e. The maximum Gasteiger partial charge on any atom is 0.338 e. The van der Waals surface area contributed by atoms with Crippen molar-refractivity contribution in [2.45, 2.75) is 62.1 Å². The Labute approximate surface area is 291 Å². The van der Waals surface area contributed by atoms with E-state index in [9.17, 15) is 9.59 Å².